The lowest BCUT2D eigenvalue weighted by Crippen LogP contribution is -1.91. The molecule has 110 valence electrons. The van der Waals surface area contributed by atoms with Gasteiger partial charge in [0.2, 0.25) is 0 Å². The minimum Gasteiger partial charge on any atom is -0.340 e. The highest BCUT2D eigenvalue weighted by Gasteiger charge is 2.09. The number of halogens is 1. The molecule has 0 atom stereocenters. The average molecular weight is 320 g/mol. The summed E-state index contributed by atoms with van der Waals surface area (Å²) in [6.45, 7) is 0. The van der Waals surface area contributed by atoms with Gasteiger partial charge in [0.1, 0.15) is 11.0 Å². The molecule has 4 aromatic rings. The molecule has 0 saturated heterocycles. The molecule has 0 aliphatic carbocycles. The second-order valence-corrected chi connectivity index (χ2v) is 5.60. The Labute approximate surface area is 136 Å². The van der Waals surface area contributed by atoms with Crippen LogP contribution in [0.5, 0.6) is 0 Å². The van der Waals surface area contributed by atoms with Gasteiger partial charge >= 0.3 is 0 Å². The maximum Gasteiger partial charge on any atom is 0.129 e. The molecule has 23 heavy (non-hydrogen) atoms. The van der Waals surface area contributed by atoms with E-state index in [0.717, 1.165) is 33.3 Å². The van der Waals surface area contributed by atoms with Gasteiger partial charge in [-0.2, -0.15) is 5.26 Å². The van der Waals surface area contributed by atoms with Gasteiger partial charge in [0.05, 0.1) is 34.4 Å². The lowest BCUT2D eigenvalue weighted by Gasteiger charge is -1.98. The predicted octanol–water partition coefficient (Wildman–Crippen LogP) is 3.62. The standard InChI is InChI=1S/C17H10ClN5/c18-15-4-2-11(8-21-15)6-16-22-14-9-20-13-3-1-10(7-19)5-12(13)17(14)23-16/h1-5,8-9H,6H2,(H,22,23). The number of fused-ring (bicyclic) bond motifs is 3. The number of rotatable bonds is 2. The highest BCUT2D eigenvalue weighted by Crippen LogP contribution is 2.23. The fourth-order valence-corrected chi connectivity index (χ4v) is 2.68. The number of nitrogens with one attached hydrogen (secondary N) is 1. The molecule has 0 unspecified atom stereocenters. The minimum absolute atomic E-state index is 0.470. The molecule has 1 aromatic carbocycles. The maximum atomic E-state index is 9.08. The van der Waals surface area contributed by atoms with Gasteiger partial charge < -0.3 is 4.98 Å². The smallest absolute Gasteiger partial charge is 0.129 e. The molecule has 5 nitrogen and oxygen atoms in total. The number of nitriles is 1. The van der Waals surface area contributed by atoms with E-state index in [0.29, 0.717) is 17.1 Å². The molecule has 0 fully saturated rings. The van der Waals surface area contributed by atoms with Crippen LogP contribution in [0.2, 0.25) is 5.15 Å². The normalized spacial score (nSPS) is 11.0. The van der Waals surface area contributed by atoms with Crippen molar-refractivity contribution >= 4 is 33.5 Å². The lowest BCUT2D eigenvalue weighted by molar-refractivity contribution is 1.03. The highest BCUT2D eigenvalue weighted by atomic mass is 35.5. The van der Waals surface area contributed by atoms with Crippen LogP contribution in [0.15, 0.2) is 42.7 Å². The molecule has 0 radical (unpaired) electrons. The van der Waals surface area contributed by atoms with Crippen LogP contribution < -0.4 is 0 Å². The van der Waals surface area contributed by atoms with Crippen LogP contribution in [0, 0.1) is 11.3 Å². The summed E-state index contributed by atoms with van der Waals surface area (Å²) in [6.07, 6.45) is 4.12. The van der Waals surface area contributed by atoms with E-state index < -0.39 is 0 Å². The van der Waals surface area contributed by atoms with E-state index in [9.17, 15) is 0 Å². The average Bonchev–Trinajstić information content (AvgIpc) is 2.99. The van der Waals surface area contributed by atoms with Gasteiger partial charge in [-0.25, -0.2) is 9.97 Å². The number of hydrogen-bond acceptors (Lipinski definition) is 4. The Morgan fingerprint density at radius 1 is 1.13 bits per heavy atom. The first-order chi connectivity index (χ1) is 11.2. The maximum absolute atomic E-state index is 9.08. The summed E-state index contributed by atoms with van der Waals surface area (Å²) in [5.41, 5.74) is 4.11. The third-order valence-electron chi connectivity index (χ3n) is 3.65. The molecule has 1 N–H and O–H groups in total. The second-order valence-electron chi connectivity index (χ2n) is 5.21. The van der Waals surface area contributed by atoms with Crippen molar-refractivity contribution in [1.82, 2.24) is 19.9 Å². The number of imidazole rings is 1. The topological polar surface area (TPSA) is 78.2 Å². The Bertz CT molecular complexity index is 1060. The summed E-state index contributed by atoms with van der Waals surface area (Å²) in [5.74, 6) is 0.820. The third kappa shape index (κ3) is 2.50. The van der Waals surface area contributed by atoms with Crippen molar-refractivity contribution in [2.75, 3.05) is 0 Å². The largest absolute Gasteiger partial charge is 0.340 e. The summed E-state index contributed by atoms with van der Waals surface area (Å²) in [7, 11) is 0. The Morgan fingerprint density at radius 3 is 2.83 bits per heavy atom. The SMILES string of the molecule is N#Cc1ccc2ncc3[nH]c(Cc4ccc(Cl)nc4)nc3c2c1. The quantitative estimate of drug-likeness (QED) is 0.572. The summed E-state index contributed by atoms with van der Waals surface area (Å²) in [6, 6.07) is 11.2. The Morgan fingerprint density at radius 2 is 2.04 bits per heavy atom. The van der Waals surface area contributed by atoms with Gasteiger partial charge in [-0.1, -0.05) is 17.7 Å². The van der Waals surface area contributed by atoms with Crippen LogP contribution in [-0.2, 0) is 6.42 Å². The zero-order chi connectivity index (χ0) is 15.8. The molecule has 0 saturated carbocycles. The summed E-state index contributed by atoms with van der Waals surface area (Å²) < 4.78 is 0. The zero-order valence-electron chi connectivity index (χ0n) is 11.9. The van der Waals surface area contributed by atoms with Crippen LogP contribution in [0.25, 0.3) is 21.9 Å². The summed E-state index contributed by atoms with van der Waals surface area (Å²) in [4.78, 5) is 16.4. The molecule has 3 aromatic heterocycles. The highest BCUT2D eigenvalue weighted by molar-refractivity contribution is 6.29. The molecule has 0 aliphatic heterocycles. The van der Waals surface area contributed by atoms with Crippen LogP contribution in [0.3, 0.4) is 0 Å². The number of nitrogens with zero attached hydrogens (tertiary/aromatic N) is 4. The van der Waals surface area contributed by atoms with Gasteiger partial charge in [-0.05, 0) is 29.8 Å². The first-order valence-electron chi connectivity index (χ1n) is 7.01. The molecule has 6 heteroatoms. The van der Waals surface area contributed by atoms with E-state index in [1.807, 2.05) is 18.2 Å². The minimum atomic E-state index is 0.470. The summed E-state index contributed by atoms with van der Waals surface area (Å²) >= 11 is 5.80. The second kappa shape index (κ2) is 5.34. The fourth-order valence-electron chi connectivity index (χ4n) is 2.57. The monoisotopic (exact) mass is 319 g/mol. The Hall–Kier alpha value is -2.97. The molecule has 3 heterocycles. The Balaban J connectivity index is 1.82. The number of aromatic amines is 1. The van der Waals surface area contributed by atoms with Gasteiger partial charge in [0.15, 0.2) is 0 Å². The van der Waals surface area contributed by atoms with Crippen molar-refractivity contribution in [2.45, 2.75) is 6.42 Å². The van der Waals surface area contributed by atoms with Crippen molar-refractivity contribution in [1.29, 1.82) is 5.26 Å². The molecule has 0 bridgehead atoms. The number of H-pyrrole nitrogens is 1. The third-order valence-corrected chi connectivity index (χ3v) is 3.88. The Kier molecular flexibility index (Phi) is 3.18. The van der Waals surface area contributed by atoms with Gasteiger partial charge in [-0.15, -0.1) is 0 Å². The van der Waals surface area contributed by atoms with Crippen LogP contribution in [0.4, 0.5) is 0 Å². The van der Waals surface area contributed by atoms with Crippen LogP contribution in [-0.4, -0.2) is 19.9 Å². The fraction of sp³-hybridized carbons (Fsp3) is 0.0588. The first kappa shape index (κ1) is 13.7. The molecular formula is C17H10ClN5. The molecule has 0 aliphatic rings. The van der Waals surface area contributed by atoms with Crippen molar-refractivity contribution in [3.63, 3.8) is 0 Å². The van der Waals surface area contributed by atoms with E-state index in [1.54, 1.807) is 24.5 Å². The van der Waals surface area contributed by atoms with E-state index in [-0.39, 0.29) is 0 Å². The van der Waals surface area contributed by atoms with E-state index in [1.165, 1.54) is 0 Å². The van der Waals surface area contributed by atoms with Crippen LogP contribution in [0.1, 0.15) is 17.0 Å². The molecular weight excluding hydrogens is 310 g/mol. The lowest BCUT2D eigenvalue weighted by atomic mass is 10.1. The van der Waals surface area contributed by atoms with Gasteiger partial charge in [0, 0.05) is 18.0 Å². The molecule has 0 amide bonds. The van der Waals surface area contributed by atoms with E-state index >= 15 is 0 Å². The predicted molar refractivity (Wildman–Crippen MR) is 88.2 cm³/mol. The van der Waals surface area contributed by atoms with E-state index in [2.05, 4.69) is 26.0 Å². The number of aromatic nitrogens is 4. The first-order valence-corrected chi connectivity index (χ1v) is 7.38. The number of pyridine rings is 2. The van der Waals surface area contributed by atoms with Gasteiger partial charge in [-0.3, -0.25) is 4.98 Å². The van der Waals surface area contributed by atoms with Gasteiger partial charge in [0.25, 0.3) is 0 Å². The molecule has 4 rings (SSSR count). The van der Waals surface area contributed by atoms with Crippen molar-refractivity contribution in [3.8, 4) is 6.07 Å². The number of benzene rings is 1. The molecule has 0 spiro atoms. The zero-order valence-corrected chi connectivity index (χ0v) is 12.7. The van der Waals surface area contributed by atoms with Crippen molar-refractivity contribution in [3.05, 3.63) is 64.8 Å². The number of hydrogen-bond donors (Lipinski definition) is 1. The summed E-state index contributed by atoms with van der Waals surface area (Å²) in [5, 5.41) is 10.4. The van der Waals surface area contributed by atoms with Crippen LogP contribution >= 0.6 is 11.6 Å². The van der Waals surface area contributed by atoms with Crippen molar-refractivity contribution < 1.29 is 0 Å². The van der Waals surface area contributed by atoms with Crippen molar-refractivity contribution in [2.24, 2.45) is 0 Å². The van der Waals surface area contributed by atoms with E-state index in [4.69, 9.17) is 16.9 Å².